The first-order chi connectivity index (χ1) is 10.8. The second-order valence-corrected chi connectivity index (χ2v) is 8.05. The van der Waals surface area contributed by atoms with Crippen LogP contribution in [0.25, 0.3) is 10.8 Å². The maximum Gasteiger partial charge on any atom is 0.0602 e. The molecule has 0 radical (unpaired) electrons. The highest BCUT2D eigenvalue weighted by Gasteiger charge is 2.05. The normalized spacial score (nSPS) is 12.3. The zero-order valence-electron chi connectivity index (χ0n) is 14.4. The van der Waals surface area contributed by atoms with Crippen LogP contribution in [0, 0.1) is 17.3 Å². The molecule has 120 valence electrons. The quantitative estimate of drug-likeness (QED) is 0.460. The molecule has 0 bridgehead atoms. The van der Waals surface area contributed by atoms with E-state index in [9.17, 15) is 0 Å². The summed E-state index contributed by atoms with van der Waals surface area (Å²) < 4.78 is 1.11. The summed E-state index contributed by atoms with van der Waals surface area (Å²) >= 11 is 2.32. The lowest BCUT2D eigenvalue weighted by atomic mass is 9.98. The Labute approximate surface area is 153 Å². The molecule has 0 aromatic heterocycles. The molecule has 0 aliphatic carbocycles. The summed E-state index contributed by atoms with van der Waals surface area (Å²) in [5, 5.41) is 2.65. The van der Waals surface area contributed by atoms with Gasteiger partial charge in [0.1, 0.15) is 0 Å². The summed E-state index contributed by atoms with van der Waals surface area (Å²) in [7, 11) is 2.15. The minimum absolute atomic E-state index is 0.0547. The van der Waals surface area contributed by atoms with Gasteiger partial charge in [-0.2, -0.15) is 0 Å². The van der Waals surface area contributed by atoms with Gasteiger partial charge in [-0.1, -0.05) is 54.3 Å². The van der Waals surface area contributed by atoms with Crippen LogP contribution in [0.15, 0.2) is 52.1 Å². The molecule has 23 heavy (non-hydrogen) atoms. The van der Waals surface area contributed by atoms with Crippen molar-refractivity contribution in [1.29, 1.82) is 0 Å². The molecule has 2 aromatic rings. The molecule has 2 rings (SSSR count). The van der Waals surface area contributed by atoms with E-state index >= 15 is 0 Å². The average molecular weight is 417 g/mol. The monoisotopic (exact) mass is 417 g/mol. The van der Waals surface area contributed by atoms with E-state index in [1.54, 1.807) is 0 Å². The third kappa shape index (κ3) is 6.01. The molecule has 0 N–H and O–H groups in total. The van der Waals surface area contributed by atoms with E-state index in [0.29, 0.717) is 0 Å². The van der Waals surface area contributed by atoms with Crippen molar-refractivity contribution in [3.63, 3.8) is 0 Å². The van der Waals surface area contributed by atoms with Crippen molar-refractivity contribution in [3.05, 3.63) is 57.7 Å². The highest BCUT2D eigenvalue weighted by molar-refractivity contribution is 14.1. The molecule has 0 heterocycles. The van der Waals surface area contributed by atoms with Crippen molar-refractivity contribution >= 4 is 33.4 Å². The second kappa shape index (κ2) is 7.99. The first-order valence-corrected chi connectivity index (χ1v) is 8.97. The van der Waals surface area contributed by atoms with Crippen molar-refractivity contribution in [1.82, 2.24) is 4.90 Å². The molecule has 0 aliphatic heterocycles. The Morgan fingerprint density at radius 1 is 1.13 bits per heavy atom. The topological polar surface area (TPSA) is 3.24 Å². The molecule has 2 aromatic carbocycles. The van der Waals surface area contributed by atoms with E-state index < -0.39 is 0 Å². The van der Waals surface area contributed by atoms with Gasteiger partial charge in [0, 0.05) is 18.5 Å². The summed E-state index contributed by atoms with van der Waals surface area (Å²) in [6.45, 7) is 8.25. The molecule has 0 saturated carbocycles. The van der Waals surface area contributed by atoms with Gasteiger partial charge in [-0.15, -0.1) is 0 Å². The first-order valence-electron chi connectivity index (χ1n) is 7.89. The zero-order valence-corrected chi connectivity index (χ0v) is 16.5. The summed E-state index contributed by atoms with van der Waals surface area (Å²) in [6.07, 6.45) is 2.20. The average Bonchev–Trinajstić information content (AvgIpc) is 2.50. The molecule has 0 unspecified atom stereocenters. The van der Waals surface area contributed by atoms with Crippen LogP contribution in [-0.2, 0) is 6.54 Å². The number of hydrogen-bond acceptors (Lipinski definition) is 1. The Balaban J connectivity index is 2.04. The van der Waals surface area contributed by atoms with Crippen molar-refractivity contribution < 1.29 is 0 Å². The van der Waals surface area contributed by atoms with Crippen molar-refractivity contribution in [2.45, 2.75) is 27.3 Å². The van der Waals surface area contributed by atoms with Crippen LogP contribution in [0.4, 0.5) is 0 Å². The Morgan fingerprint density at radius 2 is 1.83 bits per heavy atom. The summed E-state index contributed by atoms with van der Waals surface area (Å²) in [5.74, 6) is 6.52. The standard InChI is InChI=1S/C21H24IN/c1-21(2,3)14-12-19(22)13-15-23(4)16-18-10-7-9-17-8-5-6-11-20(17)18/h5-11,13H,15-16H2,1-4H3. The SMILES string of the molecule is CN(CC=C(I)C#CC(C)(C)C)Cc1cccc2ccccc12. The largest absolute Gasteiger partial charge is 0.298 e. The van der Waals surface area contributed by atoms with E-state index in [2.05, 4.69) is 116 Å². The van der Waals surface area contributed by atoms with E-state index in [1.807, 2.05) is 0 Å². The molecule has 1 nitrogen and oxygen atoms in total. The number of nitrogens with zero attached hydrogens (tertiary/aromatic N) is 1. The fourth-order valence-electron chi connectivity index (χ4n) is 2.32. The Bertz CT molecular complexity index is 751. The fraction of sp³-hybridized carbons (Fsp3) is 0.333. The highest BCUT2D eigenvalue weighted by atomic mass is 127. The number of hydrogen-bond donors (Lipinski definition) is 0. The molecule has 0 atom stereocenters. The smallest absolute Gasteiger partial charge is 0.0602 e. The highest BCUT2D eigenvalue weighted by Crippen LogP contribution is 2.19. The van der Waals surface area contributed by atoms with Crippen LogP contribution < -0.4 is 0 Å². The van der Waals surface area contributed by atoms with Crippen LogP contribution in [-0.4, -0.2) is 18.5 Å². The van der Waals surface area contributed by atoms with Gasteiger partial charge in [-0.3, -0.25) is 4.90 Å². The minimum atomic E-state index is 0.0547. The Morgan fingerprint density at radius 3 is 2.57 bits per heavy atom. The fourth-order valence-corrected chi connectivity index (χ4v) is 2.65. The van der Waals surface area contributed by atoms with Gasteiger partial charge in [-0.25, -0.2) is 0 Å². The van der Waals surface area contributed by atoms with Crippen LogP contribution in [0.2, 0.25) is 0 Å². The molecule has 0 fully saturated rings. The van der Waals surface area contributed by atoms with Gasteiger partial charge >= 0.3 is 0 Å². The molecule has 0 aliphatic rings. The number of allylic oxidation sites excluding steroid dienone is 1. The van der Waals surface area contributed by atoms with Crippen molar-refractivity contribution in [2.24, 2.45) is 5.41 Å². The van der Waals surface area contributed by atoms with Gasteiger partial charge < -0.3 is 0 Å². The number of halogens is 1. The molecular weight excluding hydrogens is 393 g/mol. The van der Waals surface area contributed by atoms with E-state index in [0.717, 1.165) is 16.7 Å². The third-order valence-corrected chi connectivity index (χ3v) is 4.17. The molecule has 0 saturated heterocycles. The molecular formula is C21H24IN. The molecule has 0 amide bonds. The van der Waals surface area contributed by atoms with Crippen molar-refractivity contribution in [3.8, 4) is 11.8 Å². The lowest BCUT2D eigenvalue weighted by Crippen LogP contribution is -2.18. The third-order valence-electron chi connectivity index (χ3n) is 3.46. The zero-order chi connectivity index (χ0) is 16.9. The van der Waals surface area contributed by atoms with Gasteiger partial charge in [0.2, 0.25) is 0 Å². The number of benzene rings is 2. The minimum Gasteiger partial charge on any atom is -0.298 e. The summed E-state index contributed by atoms with van der Waals surface area (Å²) in [5.41, 5.74) is 1.42. The first kappa shape index (κ1) is 18.0. The van der Waals surface area contributed by atoms with Gasteiger partial charge in [0.15, 0.2) is 0 Å². The van der Waals surface area contributed by atoms with E-state index in [4.69, 9.17) is 0 Å². The second-order valence-electron chi connectivity index (χ2n) is 6.89. The number of fused-ring (bicyclic) bond motifs is 1. The van der Waals surface area contributed by atoms with E-state index in [1.165, 1.54) is 16.3 Å². The van der Waals surface area contributed by atoms with Gasteiger partial charge in [0.25, 0.3) is 0 Å². The predicted octanol–water partition coefficient (Wildman–Crippen LogP) is 5.64. The van der Waals surface area contributed by atoms with Crippen molar-refractivity contribution in [2.75, 3.05) is 13.6 Å². The van der Waals surface area contributed by atoms with Crippen LogP contribution in [0.5, 0.6) is 0 Å². The van der Waals surface area contributed by atoms with Gasteiger partial charge in [0.05, 0.1) is 3.58 Å². The maximum absolute atomic E-state index is 3.27. The lowest BCUT2D eigenvalue weighted by Gasteiger charge is -2.16. The van der Waals surface area contributed by atoms with Gasteiger partial charge in [-0.05, 0) is 72.8 Å². The maximum atomic E-state index is 3.27. The Kier molecular flexibility index (Phi) is 6.26. The molecule has 2 heteroatoms. The van der Waals surface area contributed by atoms with Crippen LogP contribution in [0.3, 0.4) is 0 Å². The molecule has 0 spiro atoms. The number of rotatable bonds is 4. The van der Waals surface area contributed by atoms with Crippen LogP contribution in [0.1, 0.15) is 26.3 Å². The lowest BCUT2D eigenvalue weighted by molar-refractivity contribution is 0.365. The summed E-state index contributed by atoms with van der Waals surface area (Å²) in [4.78, 5) is 2.32. The predicted molar refractivity (Wildman–Crippen MR) is 110 cm³/mol. The van der Waals surface area contributed by atoms with E-state index in [-0.39, 0.29) is 5.41 Å². The number of likely N-dealkylation sites (N-methyl/N-ethyl adjacent to an activating group) is 1. The summed E-state index contributed by atoms with van der Waals surface area (Å²) in [6, 6.07) is 15.1. The Hall–Kier alpha value is -1.31. The van der Waals surface area contributed by atoms with Crippen LogP contribution >= 0.6 is 22.6 Å².